The average molecular weight is 528 g/mol. The van der Waals surface area contributed by atoms with Crippen molar-refractivity contribution in [2.45, 2.75) is 78.3 Å². The number of thiophene rings is 2. The summed E-state index contributed by atoms with van der Waals surface area (Å²) in [6.45, 7) is 6.13. The molecular weight excluding hydrogens is 494 g/mol. The summed E-state index contributed by atoms with van der Waals surface area (Å²) in [5.41, 5.74) is 8.08. The van der Waals surface area contributed by atoms with Crippen molar-refractivity contribution in [1.82, 2.24) is 14.5 Å². The number of aryl methyl sites for hydroxylation is 3. The van der Waals surface area contributed by atoms with Gasteiger partial charge in [0, 0.05) is 9.75 Å². The molecule has 2 aliphatic carbocycles. The summed E-state index contributed by atoms with van der Waals surface area (Å²) in [6.07, 6.45) is 7.86. The quantitative estimate of drug-likeness (QED) is 0.462. The normalized spacial score (nSPS) is 15.2. The highest BCUT2D eigenvalue weighted by Gasteiger charge is 2.27. The number of carbonyl (C=O) groups is 2. The van der Waals surface area contributed by atoms with Crippen LogP contribution in [0.25, 0.3) is 10.2 Å². The molecule has 3 aromatic heterocycles. The first-order valence-electron chi connectivity index (χ1n) is 12.9. The van der Waals surface area contributed by atoms with Crippen molar-refractivity contribution in [2.75, 3.05) is 18.4 Å². The van der Waals surface area contributed by atoms with Gasteiger partial charge in [-0.15, -0.1) is 22.7 Å². The lowest BCUT2D eigenvalue weighted by molar-refractivity contribution is -0.116. The molecule has 2 aliphatic rings. The Morgan fingerprint density at radius 3 is 2.31 bits per heavy atom. The van der Waals surface area contributed by atoms with Crippen molar-refractivity contribution in [3.63, 3.8) is 0 Å². The zero-order valence-corrected chi connectivity index (χ0v) is 22.6. The number of fused-ring (bicyclic) bond motifs is 4. The Kier molecular flexibility index (Phi) is 7.28. The topological polar surface area (TPSA) is 110 Å². The second kappa shape index (κ2) is 10.4. The molecule has 0 saturated carbocycles. The third kappa shape index (κ3) is 4.62. The van der Waals surface area contributed by atoms with Crippen molar-refractivity contribution in [2.24, 2.45) is 5.73 Å². The van der Waals surface area contributed by atoms with Gasteiger partial charge in [0.15, 0.2) is 0 Å². The number of aromatic nitrogens is 2. The highest BCUT2D eigenvalue weighted by atomic mass is 32.1. The van der Waals surface area contributed by atoms with Crippen LogP contribution in [-0.2, 0) is 43.6 Å². The van der Waals surface area contributed by atoms with Gasteiger partial charge in [0.2, 0.25) is 5.91 Å². The summed E-state index contributed by atoms with van der Waals surface area (Å²) in [7, 11) is 0. The van der Waals surface area contributed by atoms with E-state index < -0.39 is 5.91 Å². The molecule has 0 atom stereocenters. The zero-order chi connectivity index (χ0) is 25.4. The van der Waals surface area contributed by atoms with E-state index in [2.05, 4.69) is 24.1 Å². The van der Waals surface area contributed by atoms with E-state index in [0.717, 1.165) is 85.3 Å². The molecule has 36 heavy (non-hydrogen) atoms. The Morgan fingerprint density at radius 1 is 1.00 bits per heavy atom. The monoisotopic (exact) mass is 527 g/mol. The van der Waals surface area contributed by atoms with E-state index in [-0.39, 0.29) is 18.0 Å². The summed E-state index contributed by atoms with van der Waals surface area (Å²) in [5.74, 6) is -0.258. The molecule has 192 valence electrons. The van der Waals surface area contributed by atoms with Gasteiger partial charge in [-0.3, -0.25) is 23.9 Å². The average Bonchev–Trinajstić information content (AvgIpc) is 3.42. The second-order valence-corrected chi connectivity index (χ2v) is 11.8. The maximum atomic E-state index is 13.8. The van der Waals surface area contributed by atoms with E-state index in [1.807, 2.05) is 0 Å². The molecule has 0 radical (unpaired) electrons. The van der Waals surface area contributed by atoms with E-state index in [1.165, 1.54) is 20.8 Å². The zero-order valence-electron chi connectivity index (χ0n) is 20.9. The number of amides is 2. The SMILES string of the molecule is CCN(CC)Cc1nc2sc3c(c2c(=O)n1CC(=O)Nc1sc2c(c1C(N)=O)CCCC2)CCCC3. The van der Waals surface area contributed by atoms with E-state index >= 15 is 0 Å². The van der Waals surface area contributed by atoms with Gasteiger partial charge in [0.1, 0.15) is 22.2 Å². The van der Waals surface area contributed by atoms with Crippen molar-refractivity contribution >= 4 is 49.7 Å². The van der Waals surface area contributed by atoms with E-state index in [0.29, 0.717) is 28.3 Å². The molecule has 0 aromatic carbocycles. The Balaban J connectivity index is 1.52. The van der Waals surface area contributed by atoms with Crippen LogP contribution in [0.15, 0.2) is 4.79 Å². The largest absolute Gasteiger partial charge is 0.365 e. The van der Waals surface area contributed by atoms with Gasteiger partial charge in [-0.05, 0) is 75.6 Å². The van der Waals surface area contributed by atoms with Crippen LogP contribution in [0.1, 0.15) is 76.6 Å². The number of hydrogen-bond acceptors (Lipinski definition) is 7. The van der Waals surface area contributed by atoms with Crippen molar-refractivity contribution in [1.29, 1.82) is 0 Å². The molecule has 3 N–H and O–H groups in total. The van der Waals surface area contributed by atoms with Crippen LogP contribution in [0, 0.1) is 0 Å². The highest BCUT2D eigenvalue weighted by molar-refractivity contribution is 7.18. The molecule has 0 saturated heterocycles. The summed E-state index contributed by atoms with van der Waals surface area (Å²) >= 11 is 3.06. The van der Waals surface area contributed by atoms with Crippen LogP contribution in [0.3, 0.4) is 0 Å². The number of nitrogens with two attached hydrogens (primary N) is 1. The first kappa shape index (κ1) is 25.1. The fraction of sp³-hybridized carbons (Fsp3) is 0.538. The third-order valence-corrected chi connectivity index (χ3v) is 9.78. The molecule has 0 spiro atoms. The number of rotatable bonds is 8. The van der Waals surface area contributed by atoms with Crippen LogP contribution >= 0.6 is 22.7 Å². The van der Waals surface area contributed by atoms with E-state index in [4.69, 9.17) is 10.7 Å². The van der Waals surface area contributed by atoms with Crippen molar-refractivity contribution in [3.05, 3.63) is 42.6 Å². The predicted octanol–water partition coefficient (Wildman–Crippen LogP) is 3.86. The number of primary amides is 1. The molecule has 0 unspecified atom stereocenters. The minimum atomic E-state index is -0.517. The molecular formula is C26H33N5O3S2. The second-order valence-electron chi connectivity index (χ2n) is 9.60. The highest BCUT2D eigenvalue weighted by Crippen LogP contribution is 2.38. The number of carbonyl (C=O) groups excluding carboxylic acids is 2. The van der Waals surface area contributed by atoms with Crippen LogP contribution in [-0.4, -0.2) is 39.4 Å². The number of anilines is 1. The molecule has 8 nitrogen and oxygen atoms in total. The fourth-order valence-electron chi connectivity index (χ4n) is 5.44. The lowest BCUT2D eigenvalue weighted by Crippen LogP contribution is -2.34. The van der Waals surface area contributed by atoms with Gasteiger partial charge in [0.25, 0.3) is 11.5 Å². The van der Waals surface area contributed by atoms with Crippen LogP contribution in [0.2, 0.25) is 0 Å². The molecule has 0 fully saturated rings. The Labute approximate surface area is 218 Å². The van der Waals surface area contributed by atoms with Gasteiger partial charge < -0.3 is 11.1 Å². The van der Waals surface area contributed by atoms with E-state index in [9.17, 15) is 14.4 Å². The van der Waals surface area contributed by atoms with Crippen molar-refractivity contribution < 1.29 is 9.59 Å². The molecule has 10 heteroatoms. The predicted molar refractivity (Wildman–Crippen MR) is 145 cm³/mol. The third-order valence-electron chi connectivity index (χ3n) is 7.39. The van der Waals surface area contributed by atoms with Gasteiger partial charge in [0.05, 0.1) is 17.5 Å². The Morgan fingerprint density at radius 2 is 1.64 bits per heavy atom. The van der Waals surface area contributed by atoms with Crippen molar-refractivity contribution in [3.8, 4) is 0 Å². The van der Waals surface area contributed by atoms with E-state index in [1.54, 1.807) is 11.3 Å². The number of hydrogen-bond donors (Lipinski definition) is 2. The molecule has 3 aromatic rings. The maximum Gasteiger partial charge on any atom is 0.263 e. The number of nitrogens with one attached hydrogen (secondary N) is 1. The molecule has 0 bridgehead atoms. The molecule has 0 aliphatic heterocycles. The summed E-state index contributed by atoms with van der Waals surface area (Å²) < 4.78 is 1.54. The minimum absolute atomic E-state index is 0.141. The maximum absolute atomic E-state index is 13.8. The Hall–Kier alpha value is -2.56. The first-order valence-corrected chi connectivity index (χ1v) is 14.5. The van der Waals surface area contributed by atoms with Gasteiger partial charge in [-0.2, -0.15) is 0 Å². The smallest absolute Gasteiger partial charge is 0.263 e. The molecule has 3 heterocycles. The van der Waals surface area contributed by atoms with Crippen LogP contribution in [0.5, 0.6) is 0 Å². The fourth-order valence-corrected chi connectivity index (χ4v) is 8.02. The lowest BCUT2D eigenvalue weighted by atomic mass is 9.95. The first-order chi connectivity index (χ1) is 17.4. The summed E-state index contributed by atoms with van der Waals surface area (Å²) in [5, 5.41) is 4.09. The van der Waals surface area contributed by atoms with Gasteiger partial charge in [-0.1, -0.05) is 13.8 Å². The number of nitrogens with zero attached hydrogens (tertiary/aromatic N) is 3. The summed E-state index contributed by atoms with van der Waals surface area (Å²) in [4.78, 5) is 49.7. The van der Waals surface area contributed by atoms with Crippen LogP contribution in [0.4, 0.5) is 5.00 Å². The lowest BCUT2D eigenvalue weighted by Gasteiger charge is -2.20. The minimum Gasteiger partial charge on any atom is -0.365 e. The molecule has 5 rings (SSSR count). The van der Waals surface area contributed by atoms with Gasteiger partial charge >= 0.3 is 0 Å². The Bertz CT molecular complexity index is 1380. The van der Waals surface area contributed by atoms with Crippen LogP contribution < -0.4 is 16.6 Å². The standard InChI is InChI=1S/C26H33N5O3S2/c1-3-30(4-2)13-19-28-25-22(16-10-6-8-12-18(16)36-25)26(34)31(19)14-20(32)29-24-21(23(27)33)15-9-5-7-11-17(15)35-24/h3-14H2,1-2H3,(H2,27,33)(H,29,32). The van der Waals surface area contributed by atoms with Gasteiger partial charge in [-0.25, -0.2) is 4.98 Å². The summed E-state index contributed by atoms with van der Waals surface area (Å²) in [6, 6.07) is 0. The molecule has 2 amide bonds.